The first-order valence-electron chi connectivity index (χ1n) is 15.6. The minimum absolute atomic E-state index is 0.0460. The fraction of sp³-hybridized carbons (Fsp3) is 0.343. The molecule has 0 spiro atoms. The Morgan fingerprint density at radius 2 is 1.63 bits per heavy atom. The van der Waals surface area contributed by atoms with Crippen molar-refractivity contribution in [2.45, 2.75) is 42.8 Å². The number of nitrogens with one attached hydrogen (secondary N) is 1. The third-order valence-electron chi connectivity index (χ3n) is 9.14. The molecule has 4 heterocycles. The molecule has 2 aliphatic heterocycles. The Bertz CT molecular complexity index is 1710. The molecule has 5 aromatic rings. The van der Waals surface area contributed by atoms with Crippen LogP contribution in [0.1, 0.15) is 41.2 Å². The second-order valence-electron chi connectivity index (χ2n) is 11.9. The van der Waals surface area contributed by atoms with E-state index >= 15 is 0 Å². The summed E-state index contributed by atoms with van der Waals surface area (Å²) in [5.41, 5.74) is 4.56. The van der Waals surface area contributed by atoms with Crippen LogP contribution in [0.15, 0.2) is 91.3 Å². The molecule has 3 aromatic carbocycles. The van der Waals surface area contributed by atoms with Crippen molar-refractivity contribution < 1.29 is 24.8 Å². The third kappa shape index (κ3) is 5.78. The van der Waals surface area contributed by atoms with Crippen LogP contribution in [0.4, 0.5) is 11.8 Å². The number of hydrogen-bond donors (Lipinski definition) is 4. The molecule has 238 valence electrons. The Balaban J connectivity index is 1.24. The van der Waals surface area contributed by atoms with Crippen molar-refractivity contribution in [2.24, 2.45) is 0 Å². The lowest BCUT2D eigenvalue weighted by Crippen LogP contribution is -2.33. The lowest BCUT2D eigenvalue weighted by molar-refractivity contribution is -0.0511. The van der Waals surface area contributed by atoms with Gasteiger partial charge in [-0.15, -0.1) is 0 Å². The number of nitrogens with zero attached hydrogens (tertiary/aromatic N) is 5. The van der Waals surface area contributed by atoms with Gasteiger partial charge in [0.25, 0.3) is 0 Å². The van der Waals surface area contributed by atoms with Gasteiger partial charge in [0.15, 0.2) is 23.2 Å². The fourth-order valence-corrected chi connectivity index (χ4v) is 6.55. The molecule has 46 heavy (non-hydrogen) atoms. The maximum absolute atomic E-state index is 10.9. The highest BCUT2D eigenvalue weighted by Crippen LogP contribution is 2.36. The highest BCUT2D eigenvalue weighted by atomic mass is 16.6. The largest absolute Gasteiger partial charge is 0.497 e. The van der Waals surface area contributed by atoms with Crippen molar-refractivity contribution in [2.75, 3.05) is 43.6 Å². The molecule has 0 bridgehead atoms. The number of aliphatic hydroxyl groups excluding tert-OH is 3. The van der Waals surface area contributed by atoms with Crippen molar-refractivity contribution in [1.82, 2.24) is 19.5 Å². The molecule has 2 saturated heterocycles. The van der Waals surface area contributed by atoms with Crippen LogP contribution in [0.3, 0.4) is 0 Å². The Hall–Kier alpha value is -4.55. The van der Waals surface area contributed by atoms with Gasteiger partial charge in [-0.25, -0.2) is 4.98 Å². The van der Waals surface area contributed by atoms with E-state index in [1.165, 1.54) is 16.7 Å². The monoisotopic (exact) mass is 622 g/mol. The van der Waals surface area contributed by atoms with Gasteiger partial charge in [0.05, 0.1) is 20.0 Å². The summed E-state index contributed by atoms with van der Waals surface area (Å²) in [6.07, 6.45) is -1.92. The normalized spacial score (nSPS) is 23.0. The van der Waals surface area contributed by atoms with Crippen LogP contribution < -0.4 is 15.0 Å². The highest BCUT2D eigenvalue weighted by molar-refractivity contribution is 5.84. The molecular formula is C35H38N6O5. The van der Waals surface area contributed by atoms with Gasteiger partial charge in [-0.3, -0.25) is 4.57 Å². The summed E-state index contributed by atoms with van der Waals surface area (Å²) >= 11 is 0. The molecule has 7 rings (SSSR count). The van der Waals surface area contributed by atoms with E-state index in [4.69, 9.17) is 19.4 Å². The van der Waals surface area contributed by atoms with E-state index in [1.807, 2.05) is 48.5 Å². The molecule has 2 aliphatic rings. The lowest BCUT2D eigenvalue weighted by Gasteiger charge is -2.22. The topological polar surface area (TPSA) is 138 Å². The van der Waals surface area contributed by atoms with Crippen LogP contribution in [0.5, 0.6) is 5.75 Å². The van der Waals surface area contributed by atoms with Crippen molar-refractivity contribution in [1.29, 1.82) is 0 Å². The quantitative estimate of drug-likeness (QED) is 0.183. The zero-order chi connectivity index (χ0) is 31.6. The standard InChI is InChI=1S/C35H38N6O5/c1-45-26-14-12-22(13-15-26)25-16-17-40(19-25)35-38-32(36-18-27(23-8-4-2-5-9-23)24-10-6-3-7-11-24)29-33(39-35)41(21-37-29)34-31(44)30(43)28(20-42)46-34/h2-15,21,25,27-28,30-31,34,42-44H,16-20H2,1H3,(H,36,38,39)/t25?,28-,30-,31-,34-/m1/s1. The minimum atomic E-state index is -1.27. The number of ether oxygens (including phenoxy) is 2. The highest BCUT2D eigenvalue weighted by Gasteiger charge is 2.44. The van der Waals surface area contributed by atoms with Gasteiger partial charge >= 0.3 is 0 Å². The van der Waals surface area contributed by atoms with E-state index in [1.54, 1.807) is 18.0 Å². The third-order valence-corrected chi connectivity index (χ3v) is 9.14. The average molecular weight is 623 g/mol. The van der Waals surface area contributed by atoms with E-state index < -0.39 is 31.1 Å². The lowest BCUT2D eigenvalue weighted by atomic mass is 9.91. The van der Waals surface area contributed by atoms with Crippen LogP contribution in [0.25, 0.3) is 11.2 Å². The average Bonchev–Trinajstić information content (AvgIpc) is 3.84. The van der Waals surface area contributed by atoms with E-state index in [-0.39, 0.29) is 5.92 Å². The smallest absolute Gasteiger partial charge is 0.229 e. The number of benzene rings is 3. The van der Waals surface area contributed by atoms with Gasteiger partial charge in [-0.05, 0) is 35.2 Å². The van der Waals surface area contributed by atoms with Gasteiger partial charge in [0.2, 0.25) is 5.95 Å². The maximum atomic E-state index is 10.9. The predicted octanol–water partition coefficient (Wildman–Crippen LogP) is 3.68. The van der Waals surface area contributed by atoms with Crippen LogP contribution >= 0.6 is 0 Å². The Labute approximate surface area is 267 Å². The molecule has 4 N–H and O–H groups in total. The molecule has 2 fully saturated rings. The maximum Gasteiger partial charge on any atom is 0.229 e. The number of aromatic nitrogens is 4. The number of aliphatic hydroxyl groups is 3. The van der Waals surface area contributed by atoms with Gasteiger partial charge in [0, 0.05) is 31.5 Å². The number of rotatable bonds is 10. The predicted molar refractivity (Wildman–Crippen MR) is 174 cm³/mol. The summed E-state index contributed by atoms with van der Waals surface area (Å²) in [5.74, 6) is 2.27. The zero-order valence-corrected chi connectivity index (χ0v) is 25.6. The van der Waals surface area contributed by atoms with Gasteiger partial charge in [0.1, 0.15) is 24.1 Å². The van der Waals surface area contributed by atoms with E-state index in [0.717, 1.165) is 25.3 Å². The summed E-state index contributed by atoms with van der Waals surface area (Å²) in [6.45, 7) is 1.63. The molecule has 0 saturated carbocycles. The summed E-state index contributed by atoms with van der Waals surface area (Å²) in [7, 11) is 1.66. The minimum Gasteiger partial charge on any atom is -0.497 e. The Morgan fingerprint density at radius 1 is 0.935 bits per heavy atom. The number of anilines is 2. The molecule has 0 radical (unpaired) electrons. The summed E-state index contributed by atoms with van der Waals surface area (Å²) in [4.78, 5) is 16.8. The summed E-state index contributed by atoms with van der Waals surface area (Å²) in [5, 5.41) is 34.6. The SMILES string of the molecule is COc1ccc(C2CCN(c3nc(NCC(c4ccccc4)c4ccccc4)c4ncn([C@@H]5O[C@H](CO)[C@@H](O)[C@H]5O)c4n3)C2)cc1. The van der Waals surface area contributed by atoms with Crippen molar-refractivity contribution in [3.8, 4) is 5.75 Å². The van der Waals surface area contributed by atoms with Crippen LogP contribution in [-0.4, -0.2) is 86.5 Å². The van der Waals surface area contributed by atoms with Gasteiger partial charge < -0.3 is 35.0 Å². The molecule has 11 nitrogen and oxygen atoms in total. The molecule has 11 heteroatoms. The van der Waals surface area contributed by atoms with Crippen molar-refractivity contribution in [3.63, 3.8) is 0 Å². The number of methoxy groups -OCH3 is 1. The van der Waals surface area contributed by atoms with Gasteiger partial charge in [-0.2, -0.15) is 9.97 Å². The molecule has 0 aliphatic carbocycles. The van der Waals surface area contributed by atoms with Crippen LogP contribution in [-0.2, 0) is 4.74 Å². The second-order valence-corrected chi connectivity index (χ2v) is 11.9. The van der Waals surface area contributed by atoms with Crippen molar-refractivity contribution >= 4 is 22.9 Å². The van der Waals surface area contributed by atoms with Crippen LogP contribution in [0.2, 0.25) is 0 Å². The zero-order valence-electron chi connectivity index (χ0n) is 25.6. The first-order chi connectivity index (χ1) is 22.5. The summed E-state index contributed by atoms with van der Waals surface area (Å²) < 4.78 is 12.8. The summed E-state index contributed by atoms with van der Waals surface area (Å²) in [6, 6.07) is 28.9. The van der Waals surface area contributed by atoms with E-state index in [9.17, 15) is 15.3 Å². The fourth-order valence-electron chi connectivity index (χ4n) is 6.55. The first-order valence-corrected chi connectivity index (χ1v) is 15.6. The van der Waals surface area contributed by atoms with Crippen molar-refractivity contribution in [3.05, 3.63) is 108 Å². The number of fused-ring (bicyclic) bond motifs is 1. The van der Waals surface area contributed by atoms with Gasteiger partial charge in [-0.1, -0.05) is 72.8 Å². The van der Waals surface area contributed by atoms with E-state index in [2.05, 4.69) is 51.6 Å². The Morgan fingerprint density at radius 3 is 2.26 bits per heavy atom. The number of imidazole rings is 1. The molecular weight excluding hydrogens is 584 g/mol. The molecule has 0 amide bonds. The molecule has 1 unspecified atom stereocenters. The number of hydrogen-bond acceptors (Lipinski definition) is 10. The molecule has 5 atom stereocenters. The van der Waals surface area contributed by atoms with Crippen LogP contribution in [0, 0.1) is 0 Å². The second kappa shape index (κ2) is 13.1. The Kier molecular flexibility index (Phi) is 8.55. The molecule has 2 aromatic heterocycles. The van der Waals surface area contributed by atoms with E-state index in [0.29, 0.717) is 35.4 Å². The first kappa shape index (κ1) is 30.1.